The van der Waals surface area contributed by atoms with Crippen LogP contribution >= 0.6 is 11.6 Å². The van der Waals surface area contributed by atoms with E-state index in [2.05, 4.69) is 0 Å². The summed E-state index contributed by atoms with van der Waals surface area (Å²) in [4.78, 5) is 28.1. The van der Waals surface area contributed by atoms with Crippen molar-refractivity contribution in [3.8, 4) is 0 Å². The number of carbonyl (C=O) groups excluding carboxylic acids is 2. The standard InChI is InChI=1S/C19H18ClFN2O2/c1-12-6-3-4-9-16(12)23-18(24)10-17(19(23)25)22(2)11-13-14(20)7-5-8-15(13)21/h3-9,17H,10-11H2,1-2H3/t17-/m1/s1. The molecule has 130 valence electrons. The predicted octanol–water partition coefficient (Wildman–Crippen LogP) is 3.55. The number of rotatable bonds is 4. The van der Waals surface area contributed by atoms with Gasteiger partial charge >= 0.3 is 0 Å². The Labute approximate surface area is 150 Å². The summed E-state index contributed by atoms with van der Waals surface area (Å²) in [7, 11) is 1.69. The number of para-hydroxylation sites is 1. The first-order chi connectivity index (χ1) is 11.9. The van der Waals surface area contributed by atoms with Crippen LogP contribution in [0.3, 0.4) is 0 Å². The minimum atomic E-state index is -0.636. The number of benzene rings is 2. The molecule has 25 heavy (non-hydrogen) atoms. The van der Waals surface area contributed by atoms with Gasteiger partial charge in [0.25, 0.3) is 5.91 Å². The fourth-order valence-electron chi connectivity index (χ4n) is 3.07. The van der Waals surface area contributed by atoms with Gasteiger partial charge in [-0.1, -0.05) is 35.9 Å². The van der Waals surface area contributed by atoms with Crippen LogP contribution in [0.2, 0.25) is 5.02 Å². The van der Waals surface area contributed by atoms with Gasteiger partial charge in [0.15, 0.2) is 0 Å². The van der Waals surface area contributed by atoms with Crippen molar-refractivity contribution in [2.45, 2.75) is 25.9 Å². The number of nitrogens with zero attached hydrogens (tertiary/aromatic N) is 2. The first-order valence-corrected chi connectivity index (χ1v) is 8.33. The molecule has 0 saturated carbocycles. The molecule has 1 saturated heterocycles. The van der Waals surface area contributed by atoms with Gasteiger partial charge in [0.1, 0.15) is 5.82 Å². The molecule has 2 aromatic carbocycles. The second kappa shape index (κ2) is 6.94. The van der Waals surface area contributed by atoms with Gasteiger partial charge in [-0.15, -0.1) is 0 Å². The molecule has 1 aliphatic rings. The highest BCUT2D eigenvalue weighted by molar-refractivity contribution is 6.31. The number of carbonyl (C=O) groups is 2. The van der Waals surface area contributed by atoms with Crippen LogP contribution in [0, 0.1) is 12.7 Å². The van der Waals surface area contributed by atoms with Crippen molar-refractivity contribution in [3.05, 3.63) is 64.4 Å². The summed E-state index contributed by atoms with van der Waals surface area (Å²) in [6.45, 7) is 2.00. The normalized spacial score (nSPS) is 17.6. The van der Waals surface area contributed by atoms with Crippen LogP contribution in [0.25, 0.3) is 0 Å². The number of halogens is 2. The number of hydrogen-bond donors (Lipinski definition) is 0. The molecule has 6 heteroatoms. The van der Waals surface area contributed by atoms with E-state index in [9.17, 15) is 14.0 Å². The van der Waals surface area contributed by atoms with Crippen LogP contribution in [0.5, 0.6) is 0 Å². The average Bonchev–Trinajstić information content (AvgIpc) is 2.86. The lowest BCUT2D eigenvalue weighted by atomic mass is 10.1. The van der Waals surface area contributed by atoms with Crippen LogP contribution in [0.15, 0.2) is 42.5 Å². The summed E-state index contributed by atoms with van der Waals surface area (Å²) in [6.07, 6.45) is 0.0652. The molecule has 4 nitrogen and oxygen atoms in total. The zero-order valence-corrected chi connectivity index (χ0v) is 14.8. The van der Waals surface area contributed by atoms with Crippen molar-refractivity contribution < 1.29 is 14.0 Å². The van der Waals surface area contributed by atoms with Crippen molar-refractivity contribution in [3.63, 3.8) is 0 Å². The summed E-state index contributed by atoms with van der Waals surface area (Å²) in [5.74, 6) is -0.975. The Bertz CT molecular complexity index is 820. The molecule has 2 aromatic rings. The van der Waals surface area contributed by atoms with Gasteiger partial charge in [-0.25, -0.2) is 9.29 Å². The number of hydrogen-bond acceptors (Lipinski definition) is 3. The van der Waals surface area contributed by atoms with Crippen LogP contribution in [0.1, 0.15) is 17.5 Å². The van der Waals surface area contributed by atoms with E-state index in [0.29, 0.717) is 16.3 Å². The van der Waals surface area contributed by atoms with Gasteiger partial charge in [-0.2, -0.15) is 0 Å². The fraction of sp³-hybridized carbons (Fsp3) is 0.263. The van der Waals surface area contributed by atoms with E-state index in [-0.39, 0.29) is 24.8 Å². The summed E-state index contributed by atoms with van der Waals surface area (Å²) in [5, 5.41) is 0.305. The summed E-state index contributed by atoms with van der Waals surface area (Å²) >= 11 is 6.06. The highest BCUT2D eigenvalue weighted by Crippen LogP contribution is 2.29. The second-order valence-corrected chi connectivity index (χ2v) is 6.60. The van der Waals surface area contributed by atoms with Crippen molar-refractivity contribution >= 4 is 29.1 Å². The maximum Gasteiger partial charge on any atom is 0.251 e. The number of amides is 2. The van der Waals surface area contributed by atoms with Gasteiger partial charge < -0.3 is 0 Å². The van der Waals surface area contributed by atoms with E-state index < -0.39 is 11.9 Å². The Morgan fingerprint density at radius 3 is 2.60 bits per heavy atom. The molecular weight excluding hydrogens is 343 g/mol. The van der Waals surface area contributed by atoms with Crippen LogP contribution in [-0.4, -0.2) is 29.8 Å². The molecule has 0 radical (unpaired) electrons. The highest BCUT2D eigenvalue weighted by atomic mass is 35.5. The lowest BCUT2D eigenvalue weighted by Gasteiger charge is -2.24. The zero-order chi connectivity index (χ0) is 18.1. The van der Waals surface area contributed by atoms with E-state index in [4.69, 9.17) is 11.6 Å². The van der Waals surface area contributed by atoms with Gasteiger partial charge in [0.05, 0.1) is 18.2 Å². The van der Waals surface area contributed by atoms with Crippen LogP contribution < -0.4 is 4.90 Å². The molecule has 0 aromatic heterocycles. The van der Waals surface area contributed by atoms with Crippen molar-refractivity contribution in [1.29, 1.82) is 0 Å². The van der Waals surface area contributed by atoms with Crippen molar-refractivity contribution in [2.24, 2.45) is 0 Å². The van der Waals surface area contributed by atoms with Gasteiger partial charge in [0, 0.05) is 17.1 Å². The lowest BCUT2D eigenvalue weighted by Crippen LogP contribution is -2.40. The zero-order valence-electron chi connectivity index (χ0n) is 14.0. The van der Waals surface area contributed by atoms with Gasteiger partial charge in [-0.3, -0.25) is 14.5 Å². The van der Waals surface area contributed by atoms with Crippen molar-refractivity contribution in [1.82, 2.24) is 4.90 Å². The third kappa shape index (κ3) is 3.30. The maximum absolute atomic E-state index is 14.0. The van der Waals surface area contributed by atoms with E-state index in [1.165, 1.54) is 17.0 Å². The molecule has 1 atom stereocenters. The highest BCUT2D eigenvalue weighted by Gasteiger charge is 2.42. The van der Waals surface area contributed by atoms with Gasteiger partial charge in [0.2, 0.25) is 5.91 Å². The van der Waals surface area contributed by atoms with Crippen molar-refractivity contribution in [2.75, 3.05) is 11.9 Å². The van der Waals surface area contributed by atoms with E-state index in [1.807, 2.05) is 19.1 Å². The lowest BCUT2D eigenvalue weighted by molar-refractivity contribution is -0.122. The summed E-state index contributed by atoms with van der Waals surface area (Å²) in [6, 6.07) is 11.1. The molecule has 3 rings (SSSR count). The van der Waals surface area contributed by atoms with E-state index in [1.54, 1.807) is 30.1 Å². The molecular formula is C19H18ClFN2O2. The molecule has 0 unspecified atom stereocenters. The Balaban J connectivity index is 1.83. The summed E-state index contributed by atoms with van der Waals surface area (Å²) < 4.78 is 14.0. The van der Waals surface area contributed by atoms with E-state index in [0.717, 1.165) is 5.56 Å². The Morgan fingerprint density at radius 1 is 1.20 bits per heavy atom. The number of likely N-dealkylation sites (N-methyl/N-ethyl adjacent to an activating group) is 1. The molecule has 1 aliphatic heterocycles. The minimum absolute atomic E-state index is 0.0652. The smallest absolute Gasteiger partial charge is 0.251 e. The number of imide groups is 1. The molecule has 0 N–H and O–H groups in total. The molecule has 1 fully saturated rings. The largest absolute Gasteiger partial charge is 0.290 e. The predicted molar refractivity (Wildman–Crippen MR) is 95.0 cm³/mol. The number of anilines is 1. The second-order valence-electron chi connectivity index (χ2n) is 6.19. The van der Waals surface area contributed by atoms with Gasteiger partial charge in [-0.05, 0) is 37.7 Å². The third-order valence-corrected chi connectivity index (χ3v) is 4.83. The fourth-order valence-corrected chi connectivity index (χ4v) is 3.29. The topological polar surface area (TPSA) is 40.6 Å². The average molecular weight is 361 g/mol. The van der Waals surface area contributed by atoms with Crippen LogP contribution in [-0.2, 0) is 16.1 Å². The monoisotopic (exact) mass is 360 g/mol. The van der Waals surface area contributed by atoms with E-state index >= 15 is 0 Å². The Morgan fingerprint density at radius 2 is 1.92 bits per heavy atom. The Kier molecular flexibility index (Phi) is 4.88. The molecule has 0 spiro atoms. The molecule has 0 aliphatic carbocycles. The quantitative estimate of drug-likeness (QED) is 0.783. The SMILES string of the molecule is Cc1ccccc1N1C(=O)C[C@@H](N(C)Cc2c(F)cccc2Cl)C1=O. The first kappa shape index (κ1) is 17.6. The third-order valence-electron chi connectivity index (χ3n) is 4.48. The Hall–Kier alpha value is -2.24. The first-order valence-electron chi connectivity index (χ1n) is 7.95. The molecule has 0 bridgehead atoms. The molecule has 2 amide bonds. The minimum Gasteiger partial charge on any atom is -0.290 e. The maximum atomic E-state index is 14.0. The number of aryl methyl sites for hydroxylation is 1. The van der Waals surface area contributed by atoms with Crippen LogP contribution in [0.4, 0.5) is 10.1 Å². The summed E-state index contributed by atoms with van der Waals surface area (Å²) in [5.41, 5.74) is 1.77. The molecule has 1 heterocycles.